The Morgan fingerprint density at radius 1 is 1.21 bits per heavy atom. The van der Waals surface area contributed by atoms with E-state index in [9.17, 15) is 19.1 Å². The number of H-pyrrole nitrogens is 1. The molecule has 1 saturated carbocycles. The molecule has 190 valence electrons. The average Bonchev–Trinajstić information content (AvgIpc) is 3.02. The number of nitrogens with zero attached hydrogens (tertiary/aromatic N) is 1. The van der Waals surface area contributed by atoms with Crippen molar-refractivity contribution in [3.05, 3.63) is 32.6 Å². The standard InChI is InChI=1S/C10H13FN2O5.C6H14N2.C2H2O4.Pt/c1-4-2-13(10(17)12-8(4)16)9-6(11)7(15)5(3-14)18-9;7-5-3-1-2-4-6(5)8;3-1(4)2(5)6;/h2,5-7,9,14-15H,3H2,1H3,(H,12,16,17);5-6H,1-4,7-8H2;(H,3,4)(H,5,6);/q;;;+2/p-2/t5-,6+,7-,9-;5-,6-;;/m01../s1. The number of aryl methyl sites for hydroxylation is 1. The van der Waals surface area contributed by atoms with E-state index in [1.165, 1.54) is 19.8 Å². The molecule has 1 aromatic rings. The first-order chi connectivity index (χ1) is 14.9. The minimum absolute atomic E-state index is 0. The fourth-order valence-corrected chi connectivity index (χ4v) is 3.04. The molecule has 33 heavy (non-hydrogen) atoms. The summed E-state index contributed by atoms with van der Waals surface area (Å²) in [6, 6.07) is 0.562. The van der Waals surface area contributed by atoms with E-state index in [0.717, 1.165) is 23.6 Å². The van der Waals surface area contributed by atoms with E-state index in [1.54, 1.807) is 0 Å². The molecule has 0 radical (unpaired) electrons. The van der Waals surface area contributed by atoms with Crippen LogP contribution in [0.3, 0.4) is 0 Å². The summed E-state index contributed by atoms with van der Waals surface area (Å²) < 4.78 is 19.7. The van der Waals surface area contributed by atoms with Crippen molar-refractivity contribution < 1.29 is 60.2 Å². The molecule has 1 aliphatic carbocycles. The van der Waals surface area contributed by atoms with Crippen molar-refractivity contribution in [3.63, 3.8) is 0 Å². The summed E-state index contributed by atoms with van der Waals surface area (Å²) in [5.41, 5.74) is 10.1. The Bertz CT molecular complexity index is 874. The molecule has 0 bridgehead atoms. The van der Waals surface area contributed by atoms with E-state index in [0.29, 0.717) is 0 Å². The number of halogens is 1. The summed E-state index contributed by atoms with van der Waals surface area (Å²) in [6.45, 7) is 0.895. The number of carboxylic acid groups (broad SMARTS) is 2. The number of aliphatic hydroxyl groups excluding tert-OH is 2. The van der Waals surface area contributed by atoms with Crippen LogP contribution in [0.2, 0.25) is 0 Å². The van der Waals surface area contributed by atoms with Crippen LogP contribution in [0.25, 0.3) is 0 Å². The van der Waals surface area contributed by atoms with Crippen LogP contribution >= 0.6 is 0 Å². The van der Waals surface area contributed by atoms with E-state index in [4.69, 9.17) is 41.1 Å². The Labute approximate surface area is 201 Å². The number of carbonyl (C=O) groups is 2. The van der Waals surface area contributed by atoms with Crippen molar-refractivity contribution in [2.45, 2.75) is 69.3 Å². The summed E-state index contributed by atoms with van der Waals surface area (Å²) in [5.74, 6) is -4.37. The number of ether oxygens (including phenoxy) is 1. The zero-order chi connectivity index (χ0) is 24.6. The Balaban J connectivity index is 0.000000567. The number of aliphatic hydroxyl groups is 2. The molecule has 0 aromatic carbocycles. The SMILES string of the molecule is Cc1cn([C@H]2O[C@@H](CO)[C@H](O)[C@H]2F)c(=O)[nH]c1=O.N[C@@H]1CCCC[C@H]1N.O=C([O-])C(=O)[O-].[Pt+2]. The minimum atomic E-state index is -2.19. The molecule has 6 atom stereocenters. The molecule has 2 fully saturated rings. The van der Waals surface area contributed by atoms with Crippen LogP contribution in [0.5, 0.6) is 0 Å². The molecule has 0 amide bonds. The molecular formula is C18H27FN4O9Pt. The summed E-state index contributed by atoms with van der Waals surface area (Å²) in [4.78, 5) is 42.6. The van der Waals surface area contributed by atoms with Crippen molar-refractivity contribution in [3.8, 4) is 0 Å². The number of hydrogen-bond donors (Lipinski definition) is 5. The monoisotopic (exact) mass is 657 g/mol. The van der Waals surface area contributed by atoms with Gasteiger partial charge in [0.1, 0.15) is 12.2 Å². The van der Waals surface area contributed by atoms with Gasteiger partial charge in [0.05, 0.1) is 18.5 Å². The maximum Gasteiger partial charge on any atom is 2.00 e. The minimum Gasteiger partial charge on any atom is -0.543 e. The van der Waals surface area contributed by atoms with Gasteiger partial charge in [-0.15, -0.1) is 0 Å². The van der Waals surface area contributed by atoms with Crippen LogP contribution in [-0.2, 0) is 35.4 Å². The van der Waals surface area contributed by atoms with Gasteiger partial charge in [0.25, 0.3) is 5.56 Å². The quantitative estimate of drug-likeness (QED) is 0.189. The number of aromatic nitrogens is 2. The Kier molecular flexibility index (Phi) is 13.5. The van der Waals surface area contributed by atoms with Crippen molar-refractivity contribution in [1.29, 1.82) is 0 Å². The smallest absolute Gasteiger partial charge is 0.543 e. The molecule has 13 nitrogen and oxygen atoms in total. The maximum absolute atomic E-state index is 13.8. The molecule has 0 spiro atoms. The van der Waals surface area contributed by atoms with E-state index in [-0.39, 0.29) is 38.7 Å². The van der Waals surface area contributed by atoms with E-state index in [2.05, 4.69) is 0 Å². The fourth-order valence-electron chi connectivity index (χ4n) is 3.04. The maximum atomic E-state index is 13.8. The number of alkyl halides is 1. The third kappa shape index (κ3) is 9.07. The summed E-state index contributed by atoms with van der Waals surface area (Å²) in [6.07, 6.45) is 0.130. The number of carboxylic acids is 2. The van der Waals surface area contributed by atoms with Crippen LogP contribution in [-0.4, -0.2) is 68.8 Å². The molecule has 2 heterocycles. The molecule has 15 heteroatoms. The predicted molar refractivity (Wildman–Crippen MR) is 102 cm³/mol. The van der Waals surface area contributed by atoms with E-state index < -0.39 is 54.4 Å². The predicted octanol–water partition coefficient (Wildman–Crippen LogP) is -4.87. The number of hydrogen-bond acceptors (Lipinski definition) is 11. The second-order valence-electron chi connectivity index (χ2n) is 7.35. The van der Waals surface area contributed by atoms with Gasteiger partial charge in [0, 0.05) is 23.8 Å². The molecule has 0 unspecified atom stereocenters. The van der Waals surface area contributed by atoms with Gasteiger partial charge in [-0.1, -0.05) is 12.8 Å². The number of rotatable bonds is 2. The zero-order valence-corrected chi connectivity index (χ0v) is 19.9. The Morgan fingerprint density at radius 3 is 2.06 bits per heavy atom. The number of carbonyl (C=O) groups excluding carboxylic acids is 2. The molecule has 1 aliphatic heterocycles. The fraction of sp³-hybridized carbons (Fsp3) is 0.667. The van der Waals surface area contributed by atoms with Gasteiger partial charge in [-0.2, -0.15) is 0 Å². The van der Waals surface area contributed by atoms with Gasteiger partial charge in [-0.05, 0) is 19.8 Å². The Morgan fingerprint density at radius 2 is 1.70 bits per heavy atom. The van der Waals surface area contributed by atoms with Gasteiger partial charge in [-0.25, -0.2) is 9.18 Å². The van der Waals surface area contributed by atoms with Crippen LogP contribution in [0.1, 0.15) is 37.5 Å². The summed E-state index contributed by atoms with van der Waals surface area (Å²) >= 11 is 0. The number of nitrogens with two attached hydrogens (primary N) is 2. The summed E-state index contributed by atoms with van der Waals surface area (Å²) in [5, 5.41) is 36.2. The van der Waals surface area contributed by atoms with Gasteiger partial charge in [0.15, 0.2) is 12.4 Å². The van der Waals surface area contributed by atoms with Crippen molar-refractivity contribution in [1.82, 2.24) is 9.55 Å². The first-order valence-electron chi connectivity index (χ1n) is 9.74. The molecule has 3 rings (SSSR count). The molecule has 1 aromatic heterocycles. The van der Waals surface area contributed by atoms with Crippen LogP contribution in [0.15, 0.2) is 15.8 Å². The molecule has 7 N–H and O–H groups in total. The van der Waals surface area contributed by atoms with Crippen molar-refractivity contribution in [2.24, 2.45) is 11.5 Å². The third-order valence-electron chi connectivity index (χ3n) is 4.94. The molecular weight excluding hydrogens is 630 g/mol. The summed E-state index contributed by atoms with van der Waals surface area (Å²) in [7, 11) is 0. The second-order valence-corrected chi connectivity index (χ2v) is 7.35. The van der Waals surface area contributed by atoms with Gasteiger partial charge >= 0.3 is 26.8 Å². The first kappa shape index (κ1) is 31.0. The average molecular weight is 658 g/mol. The van der Waals surface area contributed by atoms with Crippen molar-refractivity contribution >= 4 is 11.9 Å². The van der Waals surface area contributed by atoms with Crippen LogP contribution < -0.4 is 32.9 Å². The second kappa shape index (κ2) is 14.3. The van der Waals surface area contributed by atoms with Gasteiger partial charge < -0.3 is 46.2 Å². The van der Waals surface area contributed by atoms with Crippen LogP contribution in [0.4, 0.5) is 4.39 Å². The van der Waals surface area contributed by atoms with Crippen molar-refractivity contribution in [2.75, 3.05) is 6.61 Å². The number of nitrogens with one attached hydrogen (secondary N) is 1. The van der Waals surface area contributed by atoms with Crippen LogP contribution in [0, 0.1) is 6.92 Å². The number of aromatic amines is 1. The van der Waals surface area contributed by atoms with Gasteiger partial charge in [0.2, 0.25) is 0 Å². The topological polar surface area (TPSA) is 237 Å². The number of aliphatic carboxylic acids is 2. The third-order valence-corrected chi connectivity index (χ3v) is 4.94. The largest absolute Gasteiger partial charge is 2.00 e. The zero-order valence-electron chi connectivity index (χ0n) is 17.6. The molecule has 2 aliphatic rings. The normalized spacial score (nSPS) is 28.3. The van der Waals surface area contributed by atoms with Gasteiger partial charge in [-0.3, -0.25) is 14.3 Å². The molecule has 1 saturated heterocycles. The van der Waals surface area contributed by atoms with E-state index in [1.807, 2.05) is 4.98 Å². The first-order valence-corrected chi connectivity index (χ1v) is 9.74. The van der Waals surface area contributed by atoms with E-state index >= 15 is 0 Å². The Hall–Kier alpha value is -1.96.